The van der Waals surface area contributed by atoms with Gasteiger partial charge in [0, 0.05) is 23.4 Å². The van der Waals surface area contributed by atoms with E-state index in [9.17, 15) is 9.59 Å². The van der Waals surface area contributed by atoms with Gasteiger partial charge in [0.2, 0.25) is 0 Å². The molecule has 3 heteroatoms. The van der Waals surface area contributed by atoms with Crippen LogP contribution in [-0.4, -0.2) is 18.7 Å². The number of rotatable bonds is 2. The molecule has 2 aromatic carbocycles. The summed E-state index contributed by atoms with van der Waals surface area (Å²) < 4.78 is 0. The lowest BCUT2D eigenvalue weighted by Crippen LogP contribution is -2.28. The second-order valence-electron chi connectivity index (χ2n) is 4.58. The van der Waals surface area contributed by atoms with E-state index in [0.717, 1.165) is 24.0 Å². The largest absolute Gasteiger partial charge is 0.308 e. The number of hydrogen-bond donors (Lipinski definition) is 0. The van der Waals surface area contributed by atoms with Crippen molar-refractivity contribution in [3.05, 3.63) is 65.2 Å². The molecule has 3 nitrogen and oxygen atoms in total. The molecule has 19 heavy (non-hydrogen) atoms. The van der Waals surface area contributed by atoms with Crippen LogP contribution in [-0.2, 0) is 6.42 Å². The van der Waals surface area contributed by atoms with Gasteiger partial charge in [0.1, 0.15) is 6.29 Å². The minimum Gasteiger partial charge on any atom is -0.308 e. The zero-order valence-electron chi connectivity index (χ0n) is 10.4. The fourth-order valence-electron chi connectivity index (χ4n) is 2.44. The number of carbonyl (C=O) groups excluding carboxylic acids is 2. The number of hydrogen-bond acceptors (Lipinski definition) is 2. The molecule has 0 saturated heterocycles. The predicted octanol–water partition coefficient (Wildman–Crippen LogP) is 2.70. The third-order valence-corrected chi connectivity index (χ3v) is 3.40. The summed E-state index contributed by atoms with van der Waals surface area (Å²) in [6.07, 6.45) is 1.64. The van der Waals surface area contributed by atoms with Crippen molar-refractivity contribution < 1.29 is 9.59 Å². The molecule has 0 N–H and O–H groups in total. The molecule has 0 aromatic heterocycles. The summed E-state index contributed by atoms with van der Waals surface area (Å²) in [5.41, 5.74) is 3.33. The average Bonchev–Trinajstić information content (AvgIpc) is 2.90. The smallest absolute Gasteiger partial charge is 0.258 e. The Morgan fingerprint density at radius 2 is 1.89 bits per heavy atom. The number of carbonyl (C=O) groups is 2. The molecular formula is C16H13NO2. The summed E-state index contributed by atoms with van der Waals surface area (Å²) >= 11 is 0. The van der Waals surface area contributed by atoms with Crippen molar-refractivity contribution in [1.29, 1.82) is 0 Å². The molecule has 1 aliphatic heterocycles. The topological polar surface area (TPSA) is 37.4 Å². The molecule has 1 amide bonds. The number of fused-ring (bicyclic) bond motifs is 1. The number of benzene rings is 2. The van der Waals surface area contributed by atoms with Crippen LogP contribution < -0.4 is 4.90 Å². The van der Waals surface area contributed by atoms with Gasteiger partial charge in [-0.3, -0.25) is 9.59 Å². The van der Waals surface area contributed by atoms with E-state index in [2.05, 4.69) is 0 Å². The monoisotopic (exact) mass is 251 g/mol. The summed E-state index contributed by atoms with van der Waals surface area (Å²) in [5.74, 6) is 0.0122. The van der Waals surface area contributed by atoms with E-state index in [1.807, 2.05) is 42.5 Å². The van der Waals surface area contributed by atoms with Gasteiger partial charge >= 0.3 is 0 Å². The molecule has 0 fully saturated rings. The quantitative estimate of drug-likeness (QED) is 0.769. The first-order chi connectivity index (χ1) is 9.29. The number of nitrogens with zero attached hydrogens (tertiary/aromatic N) is 1. The van der Waals surface area contributed by atoms with Gasteiger partial charge in [-0.05, 0) is 42.3 Å². The Kier molecular flexibility index (Phi) is 2.88. The highest BCUT2D eigenvalue weighted by atomic mass is 16.2. The SMILES string of the molecule is O=Cc1ccc2c(c1)CCN2C(=O)c1ccccc1. The fraction of sp³-hybridized carbons (Fsp3) is 0.125. The second-order valence-corrected chi connectivity index (χ2v) is 4.58. The highest BCUT2D eigenvalue weighted by Gasteiger charge is 2.25. The number of anilines is 1. The predicted molar refractivity (Wildman–Crippen MR) is 73.7 cm³/mol. The van der Waals surface area contributed by atoms with Crippen molar-refractivity contribution in [2.75, 3.05) is 11.4 Å². The third kappa shape index (κ3) is 2.03. The Morgan fingerprint density at radius 3 is 2.63 bits per heavy atom. The summed E-state index contributed by atoms with van der Waals surface area (Å²) in [4.78, 5) is 25.0. The maximum atomic E-state index is 12.4. The van der Waals surface area contributed by atoms with E-state index < -0.39 is 0 Å². The molecule has 2 aromatic rings. The van der Waals surface area contributed by atoms with Crippen molar-refractivity contribution >= 4 is 17.9 Å². The number of aldehydes is 1. The highest BCUT2D eigenvalue weighted by Crippen LogP contribution is 2.29. The zero-order valence-corrected chi connectivity index (χ0v) is 10.4. The molecule has 0 spiro atoms. The summed E-state index contributed by atoms with van der Waals surface area (Å²) in [5, 5.41) is 0. The first-order valence-corrected chi connectivity index (χ1v) is 6.24. The molecule has 0 radical (unpaired) electrons. The van der Waals surface area contributed by atoms with Crippen molar-refractivity contribution in [2.24, 2.45) is 0 Å². The Labute approximate surface area is 111 Å². The van der Waals surface area contributed by atoms with Crippen LogP contribution in [0.1, 0.15) is 26.3 Å². The van der Waals surface area contributed by atoms with Gasteiger partial charge in [0.25, 0.3) is 5.91 Å². The van der Waals surface area contributed by atoms with Crippen LogP contribution in [0.5, 0.6) is 0 Å². The van der Waals surface area contributed by atoms with Gasteiger partial charge in [-0.1, -0.05) is 18.2 Å². The Bertz CT molecular complexity index is 634. The third-order valence-electron chi connectivity index (χ3n) is 3.40. The zero-order chi connectivity index (χ0) is 13.2. The van der Waals surface area contributed by atoms with E-state index in [-0.39, 0.29) is 5.91 Å². The first kappa shape index (κ1) is 11.7. The standard InChI is InChI=1S/C16H13NO2/c18-11-12-6-7-15-14(10-12)8-9-17(15)16(19)13-4-2-1-3-5-13/h1-7,10-11H,8-9H2. The van der Waals surface area contributed by atoms with Crippen LogP contribution in [0.15, 0.2) is 48.5 Å². The van der Waals surface area contributed by atoms with Gasteiger partial charge < -0.3 is 4.90 Å². The van der Waals surface area contributed by atoms with Crippen LogP contribution in [0.2, 0.25) is 0 Å². The molecule has 0 bridgehead atoms. The molecule has 3 rings (SSSR count). The molecule has 94 valence electrons. The molecule has 0 unspecified atom stereocenters. The Hall–Kier alpha value is -2.42. The van der Waals surface area contributed by atoms with Gasteiger partial charge in [-0.15, -0.1) is 0 Å². The Balaban J connectivity index is 1.94. The summed E-state index contributed by atoms with van der Waals surface area (Å²) in [6.45, 7) is 0.672. The van der Waals surface area contributed by atoms with E-state index in [1.165, 1.54) is 0 Å². The molecule has 0 atom stereocenters. The van der Waals surface area contributed by atoms with E-state index >= 15 is 0 Å². The van der Waals surface area contributed by atoms with Crippen LogP contribution in [0, 0.1) is 0 Å². The van der Waals surface area contributed by atoms with Gasteiger partial charge in [-0.2, -0.15) is 0 Å². The Morgan fingerprint density at radius 1 is 1.11 bits per heavy atom. The summed E-state index contributed by atoms with van der Waals surface area (Å²) in [7, 11) is 0. The molecule has 1 aliphatic rings. The maximum Gasteiger partial charge on any atom is 0.258 e. The fourth-order valence-corrected chi connectivity index (χ4v) is 2.44. The van der Waals surface area contributed by atoms with Crippen LogP contribution >= 0.6 is 0 Å². The summed E-state index contributed by atoms with van der Waals surface area (Å²) in [6, 6.07) is 14.7. The van der Waals surface area contributed by atoms with Crippen LogP contribution in [0.3, 0.4) is 0 Å². The minimum absolute atomic E-state index is 0.0122. The lowest BCUT2D eigenvalue weighted by atomic mass is 10.1. The van der Waals surface area contributed by atoms with Crippen molar-refractivity contribution in [3.63, 3.8) is 0 Å². The van der Waals surface area contributed by atoms with Crippen LogP contribution in [0.25, 0.3) is 0 Å². The van der Waals surface area contributed by atoms with Crippen molar-refractivity contribution in [1.82, 2.24) is 0 Å². The van der Waals surface area contributed by atoms with E-state index in [1.54, 1.807) is 11.0 Å². The van der Waals surface area contributed by atoms with Gasteiger partial charge in [-0.25, -0.2) is 0 Å². The van der Waals surface area contributed by atoms with E-state index in [0.29, 0.717) is 17.7 Å². The second kappa shape index (κ2) is 4.69. The molecular weight excluding hydrogens is 238 g/mol. The first-order valence-electron chi connectivity index (χ1n) is 6.24. The van der Waals surface area contributed by atoms with Crippen molar-refractivity contribution in [2.45, 2.75) is 6.42 Å². The molecule has 0 saturated carbocycles. The molecule has 1 heterocycles. The maximum absolute atomic E-state index is 12.4. The molecule has 0 aliphatic carbocycles. The lowest BCUT2D eigenvalue weighted by molar-refractivity contribution is 0.0989. The highest BCUT2D eigenvalue weighted by molar-refractivity contribution is 6.07. The minimum atomic E-state index is 0.0122. The van der Waals surface area contributed by atoms with Gasteiger partial charge in [0.05, 0.1) is 0 Å². The van der Waals surface area contributed by atoms with Crippen LogP contribution in [0.4, 0.5) is 5.69 Å². The number of amides is 1. The van der Waals surface area contributed by atoms with Gasteiger partial charge in [0.15, 0.2) is 0 Å². The van der Waals surface area contributed by atoms with E-state index in [4.69, 9.17) is 0 Å². The lowest BCUT2D eigenvalue weighted by Gasteiger charge is -2.17. The van der Waals surface area contributed by atoms with Crippen molar-refractivity contribution in [3.8, 4) is 0 Å². The normalized spacial score (nSPS) is 13.2. The average molecular weight is 251 g/mol.